The van der Waals surface area contributed by atoms with Gasteiger partial charge in [-0.1, -0.05) is 29.3 Å². The summed E-state index contributed by atoms with van der Waals surface area (Å²) in [6.07, 6.45) is 2.84. The third kappa shape index (κ3) is 4.84. The lowest BCUT2D eigenvalue weighted by molar-refractivity contribution is -0.126. The van der Waals surface area contributed by atoms with Crippen molar-refractivity contribution in [3.63, 3.8) is 0 Å². The topological polar surface area (TPSA) is 60.8 Å². The minimum absolute atomic E-state index is 0.160. The van der Waals surface area contributed by atoms with Gasteiger partial charge in [-0.2, -0.15) is 0 Å². The highest BCUT2D eigenvalue weighted by Crippen LogP contribution is 2.25. The largest absolute Gasteiger partial charge is 0.395 e. The molecule has 4 nitrogen and oxygen atoms in total. The van der Waals surface area contributed by atoms with Crippen LogP contribution >= 0.6 is 23.2 Å². The summed E-state index contributed by atoms with van der Waals surface area (Å²) in [6.45, 7) is 0.0127. The van der Waals surface area contributed by atoms with E-state index < -0.39 is 0 Å². The van der Waals surface area contributed by atoms with Crippen molar-refractivity contribution in [2.75, 3.05) is 26.3 Å². The van der Waals surface area contributed by atoms with Gasteiger partial charge in [-0.3, -0.25) is 4.79 Å². The molecule has 0 atom stereocenters. The summed E-state index contributed by atoms with van der Waals surface area (Å²) in [5.74, 6) is -0.320. The predicted molar refractivity (Wildman–Crippen MR) is 76.2 cm³/mol. The first-order valence-corrected chi connectivity index (χ1v) is 6.48. The fourth-order valence-electron chi connectivity index (χ4n) is 1.50. The first-order valence-electron chi connectivity index (χ1n) is 5.73. The zero-order valence-electron chi connectivity index (χ0n) is 10.2. The van der Waals surface area contributed by atoms with Crippen LogP contribution in [-0.2, 0) is 4.79 Å². The maximum atomic E-state index is 11.8. The Balaban J connectivity index is 2.82. The number of aliphatic hydroxyl groups is 2. The highest BCUT2D eigenvalue weighted by Gasteiger charge is 2.09. The van der Waals surface area contributed by atoms with E-state index in [9.17, 15) is 4.79 Å². The van der Waals surface area contributed by atoms with Crippen LogP contribution in [0.2, 0.25) is 10.0 Å². The molecule has 0 bridgehead atoms. The lowest BCUT2D eigenvalue weighted by atomic mass is 10.2. The Kier molecular flexibility index (Phi) is 6.87. The number of carbonyl (C=O) groups is 1. The van der Waals surface area contributed by atoms with Crippen molar-refractivity contribution >= 4 is 35.2 Å². The van der Waals surface area contributed by atoms with E-state index in [4.69, 9.17) is 33.4 Å². The van der Waals surface area contributed by atoms with Gasteiger partial charge in [0.2, 0.25) is 5.91 Å². The zero-order valence-corrected chi connectivity index (χ0v) is 11.7. The zero-order chi connectivity index (χ0) is 14.3. The number of hydrogen-bond acceptors (Lipinski definition) is 3. The summed E-state index contributed by atoms with van der Waals surface area (Å²) in [5, 5.41) is 18.6. The standard InChI is InChI=1S/C13H15Cl2NO3/c14-11-2-1-3-12(15)10(11)4-5-13(19)16(6-8-17)7-9-18/h1-5,17-18H,6-9H2. The van der Waals surface area contributed by atoms with Crippen molar-refractivity contribution in [3.8, 4) is 0 Å². The van der Waals surface area contributed by atoms with Crippen LogP contribution in [0.5, 0.6) is 0 Å². The van der Waals surface area contributed by atoms with Crippen LogP contribution in [0.3, 0.4) is 0 Å². The van der Waals surface area contributed by atoms with Crippen LogP contribution in [-0.4, -0.2) is 47.3 Å². The smallest absolute Gasteiger partial charge is 0.246 e. The van der Waals surface area contributed by atoms with Gasteiger partial charge >= 0.3 is 0 Å². The fraction of sp³-hybridized carbons (Fsp3) is 0.308. The Labute approximate surface area is 121 Å². The SMILES string of the molecule is O=C(C=Cc1c(Cl)cccc1Cl)N(CCO)CCO. The van der Waals surface area contributed by atoms with E-state index in [1.807, 2.05) is 0 Å². The second-order valence-corrected chi connectivity index (χ2v) is 4.56. The summed E-state index contributed by atoms with van der Waals surface area (Å²) in [7, 11) is 0. The highest BCUT2D eigenvalue weighted by atomic mass is 35.5. The normalized spacial score (nSPS) is 10.9. The summed E-state index contributed by atoms with van der Waals surface area (Å²) in [5.41, 5.74) is 0.562. The molecule has 0 saturated heterocycles. The molecule has 19 heavy (non-hydrogen) atoms. The number of rotatable bonds is 6. The average Bonchev–Trinajstić information content (AvgIpc) is 2.37. The van der Waals surface area contributed by atoms with Gasteiger partial charge in [0.25, 0.3) is 0 Å². The predicted octanol–water partition coefficient (Wildman–Crippen LogP) is 1.82. The second kappa shape index (κ2) is 8.17. The van der Waals surface area contributed by atoms with Crippen LogP contribution in [0.25, 0.3) is 6.08 Å². The molecule has 0 radical (unpaired) electrons. The minimum Gasteiger partial charge on any atom is -0.395 e. The van der Waals surface area contributed by atoms with E-state index >= 15 is 0 Å². The molecule has 104 valence electrons. The maximum absolute atomic E-state index is 11.8. The van der Waals surface area contributed by atoms with Gasteiger partial charge in [0.15, 0.2) is 0 Å². The molecule has 0 aliphatic rings. The Morgan fingerprint density at radius 1 is 1.16 bits per heavy atom. The summed E-state index contributed by atoms with van der Waals surface area (Å²) < 4.78 is 0. The van der Waals surface area contributed by atoms with Gasteiger partial charge in [-0.25, -0.2) is 0 Å². The first kappa shape index (κ1) is 16.0. The van der Waals surface area contributed by atoms with E-state index in [1.165, 1.54) is 17.1 Å². The van der Waals surface area contributed by atoms with Crippen LogP contribution in [0.15, 0.2) is 24.3 Å². The molecule has 1 aromatic carbocycles. The van der Waals surface area contributed by atoms with Gasteiger partial charge in [0.1, 0.15) is 0 Å². The number of hydrogen-bond donors (Lipinski definition) is 2. The molecule has 0 aliphatic heterocycles. The van der Waals surface area contributed by atoms with Gasteiger partial charge in [-0.15, -0.1) is 0 Å². The highest BCUT2D eigenvalue weighted by molar-refractivity contribution is 6.37. The number of carbonyl (C=O) groups excluding carboxylic acids is 1. The number of amides is 1. The summed E-state index contributed by atoms with van der Waals surface area (Å²) >= 11 is 11.9. The van der Waals surface area contributed by atoms with Crippen molar-refractivity contribution in [1.29, 1.82) is 0 Å². The van der Waals surface area contributed by atoms with Crippen LogP contribution in [0.4, 0.5) is 0 Å². The van der Waals surface area contributed by atoms with Crippen LogP contribution < -0.4 is 0 Å². The number of nitrogens with zero attached hydrogens (tertiary/aromatic N) is 1. The van der Waals surface area contributed by atoms with Crippen molar-refractivity contribution in [1.82, 2.24) is 4.90 Å². The van der Waals surface area contributed by atoms with E-state index in [1.54, 1.807) is 18.2 Å². The van der Waals surface area contributed by atoms with Crippen LogP contribution in [0.1, 0.15) is 5.56 Å². The Hall–Kier alpha value is -1.07. The monoisotopic (exact) mass is 303 g/mol. The van der Waals surface area contributed by atoms with Gasteiger partial charge < -0.3 is 15.1 Å². The minimum atomic E-state index is -0.320. The molecule has 1 amide bonds. The van der Waals surface area contributed by atoms with Crippen molar-refractivity contribution in [3.05, 3.63) is 39.9 Å². The quantitative estimate of drug-likeness (QED) is 0.788. The van der Waals surface area contributed by atoms with E-state index in [0.717, 1.165) is 0 Å². The Bertz CT molecular complexity index is 437. The van der Waals surface area contributed by atoms with Crippen LogP contribution in [0, 0.1) is 0 Å². The Morgan fingerprint density at radius 2 is 1.68 bits per heavy atom. The molecular formula is C13H15Cl2NO3. The molecule has 0 heterocycles. The van der Waals surface area contributed by atoms with Gasteiger partial charge in [0.05, 0.1) is 13.2 Å². The second-order valence-electron chi connectivity index (χ2n) is 3.74. The third-order valence-electron chi connectivity index (χ3n) is 2.44. The molecule has 0 spiro atoms. The number of benzene rings is 1. The number of aliphatic hydroxyl groups excluding tert-OH is 2. The third-order valence-corrected chi connectivity index (χ3v) is 3.10. The maximum Gasteiger partial charge on any atom is 0.246 e. The van der Waals surface area contributed by atoms with Crippen molar-refractivity contribution in [2.24, 2.45) is 0 Å². The molecule has 1 rings (SSSR count). The first-order chi connectivity index (χ1) is 9.10. The molecule has 0 fully saturated rings. The molecular weight excluding hydrogens is 289 g/mol. The van der Waals surface area contributed by atoms with Gasteiger partial charge in [0, 0.05) is 34.8 Å². The van der Waals surface area contributed by atoms with E-state index in [0.29, 0.717) is 15.6 Å². The molecule has 0 aromatic heterocycles. The van der Waals surface area contributed by atoms with Crippen molar-refractivity contribution in [2.45, 2.75) is 0 Å². The fourth-order valence-corrected chi connectivity index (χ4v) is 2.03. The lowest BCUT2D eigenvalue weighted by Crippen LogP contribution is -2.34. The molecule has 0 saturated carbocycles. The van der Waals surface area contributed by atoms with E-state index in [-0.39, 0.29) is 32.2 Å². The summed E-state index contributed by atoms with van der Waals surface area (Å²) in [4.78, 5) is 13.2. The molecule has 2 N–H and O–H groups in total. The molecule has 0 aliphatic carbocycles. The Morgan fingerprint density at radius 3 is 2.16 bits per heavy atom. The number of halogens is 2. The average molecular weight is 304 g/mol. The molecule has 1 aromatic rings. The molecule has 0 unspecified atom stereocenters. The van der Waals surface area contributed by atoms with Crippen molar-refractivity contribution < 1.29 is 15.0 Å². The molecule has 6 heteroatoms. The van der Waals surface area contributed by atoms with E-state index in [2.05, 4.69) is 0 Å². The summed E-state index contributed by atoms with van der Waals surface area (Å²) in [6, 6.07) is 5.07. The van der Waals surface area contributed by atoms with Gasteiger partial charge in [-0.05, 0) is 18.2 Å². The lowest BCUT2D eigenvalue weighted by Gasteiger charge is -2.18.